The highest BCUT2D eigenvalue weighted by atomic mass is 19.4. The van der Waals surface area contributed by atoms with E-state index in [9.17, 15) is 13.2 Å². The van der Waals surface area contributed by atoms with Gasteiger partial charge in [-0.15, -0.1) is 0 Å². The predicted molar refractivity (Wildman–Crippen MR) is 52.0 cm³/mol. The van der Waals surface area contributed by atoms with Gasteiger partial charge in [0.25, 0.3) is 0 Å². The van der Waals surface area contributed by atoms with Crippen LogP contribution in [0.5, 0.6) is 5.75 Å². The Kier molecular flexibility index (Phi) is 3.59. The van der Waals surface area contributed by atoms with Gasteiger partial charge in [-0.05, 0) is 12.1 Å². The summed E-state index contributed by atoms with van der Waals surface area (Å²) in [4.78, 5) is 0. The molecule has 0 amide bonds. The van der Waals surface area contributed by atoms with Gasteiger partial charge in [0.2, 0.25) is 0 Å². The van der Waals surface area contributed by atoms with E-state index in [1.807, 2.05) is 0 Å². The molecule has 0 aliphatic carbocycles. The second kappa shape index (κ2) is 4.75. The zero-order valence-corrected chi connectivity index (χ0v) is 8.80. The maximum atomic E-state index is 12.8. The molecule has 3 nitrogen and oxygen atoms in total. The summed E-state index contributed by atoms with van der Waals surface area (Å²) in [6.45, 7) is 0. The highest BCUT2D eigenvalue weighted by Gasteiger charge is 2.37. The molecule has 0 aliphatic rings. The summed E-state index contributed by atoms with van der Waals surface area (Å²) >= 11 is 0. The average Bonchev–Trinajstić information content (AvgIpc) is 2.27. The molecule has 0 spiro atoms. The maximum Gasteiger partial charge on any atom is 0.418 e. The van der Waals surface area contributed by atoms with Crippen molar-refractivity contribution >= 4 is 0 Å². The fraction of sp³-hybridized carbons (Fsp3) is 0.273. The van der Waals surface area contributed by atoms with Crippen molar-refractivity contribution in [3.8, 4) is 17.9 Å². The highest BCUT2D eigenvalue weighted by Crippen LogP contribution is 2.38. The fourth-order valence-electron chi connectivity index (χ4n) is 1.49. The first-order valence-corrected chi connectivity index (χ1v) is 4.49. The van der Waals surface area contributed by atoms with Gasteiger partial charge >= 0.3 is 6.18 Å². The van der Waals surface area contributed by atoms with E-state index in [1.165, 1.54) is 19.2 Å². The van der Waals surface area contributed by atoms with Gasteiger partial charge in [-0.1, -0.05) is 0 Å². The second-order valence-corrected chi connectivity index (χ2v) is 3.11. The number of hydrogen-bond acceptors (Lipinski definition) is 3. The van der Waals surface area contributed by atoms with E-state index in [0.717, 1.165) is 6.07 Å². The van der Waals surface area contributed by atoms with Gasteiger partial charge in [-0.2, -0.15) is 23.7 Å². The number of methoxy groups -OCH3 is 1. The second-order valence-electron chi connectivity index (χ2n) is 3.11. The monoisotopic (exact) mass is 240 g/mol. The third-order valence-electron chi connectivity index (χ3n) is 2.15. The van der Waals surface area contributed by atoms with Crippen LogP contribution in [-0.2, 0) is 12.6 Å². The summed E-state index contributed by atoms with van der Waals surface area (Å²) in [5.41, 5.74) is -1.91. The van der Waals surface area contributed by atoms with Gasteiger partial charge in [-0.25, -0.2) is 0 Å². The number of ether oxygens (including phenoxy) is 1. The third kappa shape index (κ3) is 2.48. The number of alkyl halides is 3. The lowest BCUT2D eigenvalue weighted by Gasteiger charge is -2.15. The van der Waals surface area contributed by atoms with Crippen molar-refractivity contribution in [2.75, 3.05) is 7.11 Å². The fourth-order valence-corrected chi connectivity index (χ4v) is 1.49. The summed E-state index contributed by atoms with van der Waals surface area (Å²) in [6.07, 6.45) is -5.15. The first-order chi connectivity index (χ1) is 7.95. The van der Waals surface area contributed by atoms with Crippen LogP contribution in [0, 0.1) is 22.7 Å². The molecule has 0 N–H and O–H groups in total. The number of nitriles is 2. The molecular weight excluding hydrogens is 233 g/mol. The number of rotatable bonds is 2. The summed E-state index contributed by atoms with van der Waals surface area (Å²) in [5.74, 6) is -0.0436. The minimum Gasteiger partial charge on any atom is -0.496 e. The van der Waals surface area contributed by atoms with E-state index in [2.05, 4.69) is 0 Å². The van der Waals surface area contributed by atoms with E-state index in [1.54, 1.807) is 6.07 Å². The topological polar surface area (TPSA) is 56.8 Å². The molecule has 0 unspecified atom stereocenters. The molecule has 0 saturated carbocycles. The zero-order chi connectivity index (χ0) is 13.1. The number of hydrogen-bond donors (Lipinski definition) is 0. The Balaban J connectivity index is 3.61. The van der Waals surface area contributed by atoms with Gasteiger partial charge in [0, 0.05) is 5.56 Å². The molecule has 17 heavy (non-hydrogen) atoms. The van der Waals surface area contributed by atoms with Crippen LogP contribution in [-0.4, -0.2) is 7.11 Å². The van der Waals surface area contributed by atoms with Crippen molar-refractivity contribution in [3.05, 3.63) is 28.8 Å². The molecule has 1 aromatic rings. The molecule has 1 aromatic carbocycles. The molecule has 0 aliphatic heterocycles. The lowest BCUT2D eigenvalue weighted by atomic mass is 9.98. The van der Waals surface area contributed by atoms with Crippen molar-refractivity contribution in [1.29, 1.82) is 10.5 Å². The van der Waals surface area contributed by atoms with Crippen molar-refractivity contribution in [2.24, 2.45) is 0 Å². The third-order valence-corrected chi connectivity index (χ3v) is 2.15. The molecule has 0 saturated heterocycles. The molecule has 0 atom stereocenters. The number of nitrogens with zero attached hydrogens (tertiary/aromatic N) is 2. The van der Waals surface area contributed by atoms with Gasteiger partial charge in [-0.3, -0.25) is 0 Å². The lowest BCUT2D eigenvalue weighted by molar-refractivity contribution is -0.138. The molecule has 6 heteroatoms. The van der Waals surface area contributed by atoms with Gasteiger partial charge < -0.3 is 4.74 Å². The number of benzene rings is 1. The average molecular weight is 240 g/mol. The van der Waals surface area contributed by atoms with E-state index in [-0.39, 0.29) is 11.3 Å². The first-order valence-electron chi connectivity index (χ1n) is 4.49. The molecule has 0 aromatic heterocycles. The van der Waals surface area contributed by atoms with Crippen molar-refractivity contribution in [2.45, 2.75) is 12.6 Å². The normalized spacial score (nSPS) is 10.5. The summed E-state index contributed by atoms with van der Waals surface area (Å²) in [7, 11) is 1.21. The van der Waals surface area contributed by atoms with Crippen LogP contribution in [0.2, 0.25) is 0 Å². The minimum absolute atomic E-state index is 0.0436. The van der Waals surface area contributed by atoms with E-state index < -0.39 is 23.7 Å². The molecular formula is C11H7F3N2O. The Morgan fingerprint density at radius 2 is 1.94 bits per heavy atom. The largest absolute Gasteiger partial charge is 0.496 e. The van der Waals surface area contributed by atoms with Crippen LogP contribution < -0.4 is 4.74 Å². The Morgan fingerprint density at radius 1 is 1.29 bits per heavy atom. The van der Waals surface area contributed by atoms with E-state index >= 15 is 0 Å². The predicted octanol–water partition coefficient (Wildman–Crippen LogP) is 2.65. The van der Waals surface area contributed by atoms with Crippen molar-refractivity contribution in [3.63, 3.8) is 0 Å². The van der Waals surface area contributed by atoms with Gasteiger partial charge in [0.15, 0.2) is 0 Å². The number of halogens is 3. The molecule has 0 bridgehead atoms. The summed E-state index contributed by atoms with van der Waals surface area (Å²) in [5, 5.41) is 17.2. The molecule has 0 radical (unpaired) electrons. The van der Waals surface area contributed by atoms with Crippen molar-refractivity contribution in [1.82, 2.24) is 0 Å². The Hall–Kier alpha value is -2.21. The summed E-state index contributed by atoms with van der Waals surface area (Å²) in [6, 6.07) is 5.38. The van der Waals surface area contributed by atoms with Crippen LogP contribution in [0.4, 0.5) is 13.2 Å². The lowest BCUT2D eigenvalue weighted by Crippen LogP contribution is -2.13. The smallest absolute Gasteiger partial charge is 0.418 e. The van der Waals surface area contributed by atoms with E-state index in [4.69, 9.17) is 15.3 Å². The molecule has 88 valence electrons. The molecule has 0 fully saturated rings. The van der Waals surface area contributed by atoms with Crippen LogP contribution in [0.3, 0.4) is 0 Å². The van der Waals surface area contributed by atoms with Crippen molar-refractivity contribution < 1.29 is 17.9 Å². The van der Waals surface area contributed by atoms with E-state index in [0.29, 0.717) is 0 Å². The Bertz CT molecular complexity index is 509. The van der Waals surface area contributed by atoms with Crippen LogP contribution >= 0.6 is 0 Å². The zero-order valence-electron chi connectivity index (χ0n) is 8.80. The van der Waals surface area contributed by atoms with Gasteiger partial charge in [0.1, 0.15) is 5.75 Å². The van der Waals surface area contributed by atoms with Crippen LogP contribution in [0.15, 0.2) is 12.1 Å². The minimum atomic E-state index is -4.69. The Labute approximate surface area is 95.7 Å². The standard InChI is InChI=1S/C11H7F3N2O/c1-17-9-3-2-7(6-16)10(11(12,13)14)8(9)4-5-15/h2-3H,4H2,1H3. The quantitative estimate of drug-likeness (QED) is 0.798. The molecule has 1 rings (SSSR count). The Morgan fingerprint density at radius 3 is 2.35 bits per heavy atom. The van der Waals surface area contributed by atoms with Gasteiger partial charge in [0.05, 0.1) is 36.8 Å². The van der Waals surface area contributed by atoms with Crippen LogP contribution in [0.1, 0.15) is 16.7 Å². The maximum absolute atomic E-state index is 12.8. The van der Waals surface area contributed by atoms with Crippen LogP contribution in [0.25, 0.3) is 0 Å². The molecule has 0 heterocycles. The summed E-state index contributed by atoms with van der Waals surface area (Å²) < 4.78 is 43.2. The SMILES string of the molecule is COc1ccc(C#N)c(C(F)(F)F)c1CC#N. The highest BCUT2D eigenvalue weighted by molar-refractivity contribution is 5.52. The first kappa shape index (κ1) is 12.9.